The monoisotopic (exact) mass is 232 g/mol. The third-order valence-electron chi connectivity index (χ3n) is 3.21. The van der Waals surface area contributed by atoms with E-state index >= 15 is 0 Å². The Labute approximate surface area is 99.8 Å². The van der Waals surface area contributed by atoms with Gasteiger partial charge in [-0.2, -0.15) is 0 Å². The van der Waals surface area contributed by atoms with Crippen LogP contribution in [0.25, 0.3) is 0 Å². The Morgan fingerprint density at radius 3 is 2.94 bits per heavy atom. The minimum atomic E-state index is 0.643. The lowest BCUT2D eigenvalue weighted by molar-refractivity contribution is 0.392. The molecule has 0 aliphatic heterocycles. The van der Waals surface area contributed by atoms with Crippen LogP contribution in [-0.4, -0.2) is 14.7 Å². The molecule has 5 heteroatoms. The van der Waals surface area contributed by atoms with Gasteiger partial charge in [-0.25, -0.2) is 4.98 Å². The van der Waals surface area contributed by atoms with Crippen molar-refractivity contribution in [1.29, 1.82) is 0 Å². The Morgan fingerprint density at radius 2 is 2.29 bits per heavy atom. The molecule has 0 unspecified atom stereocenters. The first-order chi connectivity index (χ1) is 8.25. The number of nitrogens with one attached hydrogen (secondary N) is 1. The largest absolute Gasteiger partial charge is 0.361 e. The van der Waals surface area contributed by atoms with Crippen LogP contribution >= 0.6 is 0 Å². The van der Waals surface area contributed by atoms with Gasteiger partial charge in [0.25, 0.3) is 0 Å². The molecule has 0 bridgehead atoms. The number of aryl methyl sites for hydroxylation is 2. The minimum Gasteiger partial charge on any atom is -0.361 e. The SMILES string of the molecule is Cc1noc(C)c1CNc1nccn1C1CC1. The van der Waals surface area contributed by atoms with Gasteiger partial charge in [0.1, 0.15) is 5.76 Å². The topological polar surface area (TPSA) is 55.9 Å². The normalized spacial score (nSPS) is 15.2. The molecule has 1 N–H and O–H groups in total. The Morgan fingerprint density at radius 1 is 1.47 bits per heavy atom. The van der Waals surface area contributed by atoms with Crippen molar-refractivity contribution in [3.63, 3.8) is 0 Å². The summed E-state index contributed by atoms with van der Waals surface area (Å²) in [6, 6.07) is 0.643. The summed E-state index contributed by atoms with van der Waals surface area (Å²) in [6.45, 7) is 4.61. The molecular weight excluding hydrogens is 216 g/mol. The summed E-state index contributed by atoms with van der Waals surface area (Å²) in [5.41, 5.74) is 2.06. The van der Waals surface area contributed by atoms with Gasteiger partial charge in [-0.05, 0) is 26.7 Å². The zero-order valence-corrected chi connectivity index (χ0v) is 10.1. The molecule has 5 nitrogen and oxygen atoms in total. The average Bonchev–Trinajstić information content (AvgIpc) is 2.98. The van der Waals surface area contributed by atoms with Crippen LogP contribution in [0.1, 0.15) is 35.9 Å². The third kappa shape index (κ3) is 1.92. The van der Waals surface area contributed by atoms with Gasteiger partial charge in [-0.1, -0.05) is 5.16 Å². The minimum absolute atomic E-state index is 0.643. The molecule has 0 saturated heterocycles. The summed E-state index contributed by atoms with van der Waals surface area (Å²) in [5, 5.41) is 7.29. The van der Waals surface area contributed by atoms with E-state index in [2.05, 4.69) is 20.0 Å². The molecule has 1 aliphatic rings. The van der Waals surface area contributed by atoms with Crippen LogP contribution in [-0.2, 0) is 6.54 Å². The van der Waals surface area contributed by atoms with E-state index in [0.717, 1.165) is 23.0 Å². The van der Waals surface area contributed by atoms with Crippen molar-refractivity contribution in [2.45, 2.75) is 39.3 Å². The summed E-state index contributed by atoms with van der Waals surface area (Å²) in [6.07, 6.45) is 6.40. The van der Waals surface area contributed by atoms with Crippen molar-refractivity contribution in [2.24, 2.45) is 0 Å². The Hall–Kier alpha value is -1.78. The van der Waals surface area contributed by atoms with Gasteiger partial charge in [0.15, 0.2) is 0 Å². The van der Waals surface area contributed by atoms with Crippen molar-refractivity contribution in [2.75, 3.05) is 5.32 Å². The van der Waals surface area contributed by atoms with E-state index < -0.39 is 0 Å². The fraction of sp³-hybridized carbons (Fsp3) is 0.500. The lowest BCUT2D eigenvalue weighted by Crippen LogP contribution is -2.07. The fourth-order valence-electron chi connectivity index (χ4n) is 2.02. The maximum Gasteiger partial charge on any atom is 0.203 e. The van der Waals surface area contributed by atoms with Crippen LogP contribution in [0.5, 0.6) is 0 Å². The fourth-order valence-corrected chi connectivity index (χ4v) is 2.02. The molecule has 0 amide bonds. The van der Waals surface area contributed by atoms with Crippen LogP contribution in [0.2, 0.25) is 0 Å². The van der Waals surface area contributed by atoms with Crippen molar-refractivity contribution in [1.82, 2.24) is 14.7 Å². The lowest BCUT2D eigenvalue weighted by Gasteiger charge is -2.08. The maximum absolute atomic E-state index is 5.14. The standard InChI is InChI=1S/C12H16N4O/c1-8-11(9(2)17-15-8)7-14-12-13-5-6-16(12)10-3-4-10/h5-6,10H,3-4,7H2,1-2H3,(H,13,14). The number of rotatable bonds is 4. The number of aromatic nitrogens is 3. The highest BCUT2D eigenvalue weighted by Crippen LogP contribution is 2.36. The smallest absolute Gasteiger partial charge is 0.203 e. The molecule has 0 radical (unpaired) electrons. The van der Waals surface area contributed by atoms with Crippen molar-refractivity contribution in [3.05, 3.63) is 29.4 Å². The van der Waals surface area contributed by atoms with E-state index in [1.807, 2.05) is 26.2 Å². The first-order valence-corrected chi connectivity index (χ1v) is 5.94. The molecule has 17 heavy (non-hydrogen) atoms. The van der Waals surface area contributed by atoms with E-state index in [0.29, 0.717) is 12.6 Å². The quantitative estimate of drug-likeness (QED) is 0.879. The van der Waals surface area contributed by atoms with Gasteiger partial charge in [-0.3, -0.25) is 0 Å². The van der Waals surface area contributed by atoms with Crippen molar-refractivity contribution < 1.29 is 4.52 Å². The van der Waals surface area contributed by atoms with E-state index in [4.69, 9.17) is 4.52 Å². The van der Waals surface area contributed by atoms with Crippen LogP contribution in [0, 0.1) is 13.8 Å². The second-order valence-electron chi connectivity index (χ2n) is 4.55. The second-order valence-corrected chi connectivity index (χ2v) is 4.55. The van der Waals surface area contributed by atoms with Crippen LogP contribution in [0.4, 0.5) is 5.95 Å². The van der Waals surface area contributed by atoms with Gasteiger partial charge < -0.3 is 14.4 Å². The molecule has 2 heterocycles. The van der Waals surface area contributed by atoms with Crippen molar-refractivity contribution >= 4 is 5.95 Å². The predicted octanol–water partition coefficient (Wildman–Crippen LogP) is 2.43. The molecule has 2 aromatic heterocycles. The molecule has 1 aliphatic carbocycles. The average molecular weight is 232 g/mol. The van der Waals surface area contributed by atoms with E-state index in [-0.39, 0.29) is 0 Å². The Bertz CT molecular complexity index is 505. The molecule has 0 atom stereocenters. The summed E-state index contributed by atoms with van der Waals surface area (Å²) in [7, 11) is 0. The molecular formula is C12H16N4O. The number of imidazole rings is 1. The van der Waals surface area contributed by atoms with Gasteiger partial charge >= 0.3 is 0 Å². The van der Waals surface area contributed by atoms with Crippen molar-refractivity contribution in [3.8, 4) is 0 Å². The number of anilines is 1. The van der Waals surface area contributed by atoms with E-state index in [1.165, 1.54) is 12.8 Å². The summed E-state index contributed by atoms with van der Waals surface area (Å²) in [5.74, 6) is 1.81. The Balaban J connectivity index is 1.73. The van der Waals surface area contributed by atoms with Crippen LogP contribution in [0.3, 0.4) is 0 Å². The van der Waals surface area contributed by atoms with Crippen LogP contribution < -0.4 is 5.32 Å². The molecule has 2 aromatic rings. The Kier molecular flexibility index (Phi) is 2.39. The number of nitrogens with zero attached hydrogens (tertiary/aromatic N) is 3. The lowest BCUT2D eigenvalue weighted by atomic mass is 10.2. The first-order valence-electron chi connectivity index (χ1n) is 5.94. The van der Waals surface area contributed by atoms with E-state index in [9.17, 15) is 0 Å². The van der Waals surface area contributed by atoms with E-state index in [1.54, 1.807) is 0 Å². The highest BCUT2D eigenvalue weighted by molar-refractivity contribution is 5.32. The van der Waals surface area contributed by atoms with Gasteiger partial charge in [-0.15, -0.1) is 0 Å². The predicted molar refractivity (Wildman–Crippen MR) is 63.8 cm³/mol. The zero-order valence-electron chi connectivity index (χ0n) is 10.1. The van der Waals surface area contributed by atoms with Gasteiger partial charge in [0.05, 0.1) is 5.69 Å². The summed E-state index contributed by atoms with van der Waals surface area (Å²) in [4.78, 5) is 4.34. The molecule has 0 aromatic carbocycles. The maximum atomic E-state index is 5.14. The van der Waals surface area contributed by atoms with Crippen LogP contribution in [0.15, 0.2) is 16.9 Å². The van der Waals surface area contributed by atoms with Gasteiger partial charge in [0, 0.05) is 30.5 Å². The number of hydrogen-bond acceptors (Lipinski definition) is 4. The highest BCUT2D eigenvalue weighted by atomic mass is 16.5. The second kappa shape index (κ2) is 3.91. The summed E-state index contributed by atoms with van der Waals surface area (Å²) < 4.78 is 7.34. The third-order valence-corrected chi connectivity index (χ3v) is 3.21. The highest BCUT2D eigenvalue weighted by Gasteiger charge is 2.25. The molecule has 1 saturated carbocycles. The molecule has 3 rings (SSSR count). The molecule has 90 valence electrons. The molecule has 1 fully saturated rings. The van der Waals surface area contributed by atoms with Gasteiger partial charge in [0.2, 0.25) is 5.95 Å². The summed E-state index contributed by atoms with van der Waals surface area (Å²) >= 11 is 0. The first kappa shape index (κ1) is 10.4. The molecule has 0 spiro atoms. The number of hydrogen-bond donors (Lipinski definition) is 1. The zero-order chi connectivity index (χ0) is 11.8.